The lowest BCUT2D eigenvalue weighted by molar-refractivity contribution is -0.203. The molecule has 54 heavy (non-hydrogen) atoms. The number of unbranched alkanes of at least 4 members (excludes halogenated alkanes) is 8. The molecule has 0 saturated carbocycles. The molecule has 13 heteroatoms. The van der Waals surface area contributed by atoms with Crippen LogP contribution in [0.4, 0.5) is 0 Å². The summed E-state index contributed by atoms with van der Waals surface area (Å²) in [7, 11) is 2.19. The summed E-state index contributed by atoms with van der Waals surface area (Å²) in [4.78, 5) is 76.6. The maximum absolute atomic E-state index is 14.0. The van der Waals surface area contributed by atoms with Crippen molar-refractivity contribution in [1.29, 1.82) is 0 Å². The van der Waals surface area contributed by atoms with Crippen molar-refractivity contribution in [2.45, 2.75) is 136 Å². The summed E-state index contributed by atoms with van der Waals surface area (Å²) < 4.78 is 25.2. The number of ketones is 1. The molecule has 0 aliphatic rings. The van der Waals surface area contributed by atoms with Crippen LogP contribution in [0, 0.1) is 17.8 Å². The summed E-state index contributed by atoms with van der Waals surface area (Å²) >= 11 is 0. The molecular formula is C41H59NO12. The molecule has 1 unspecified atom stereocenters. The molecular weight excluding hydrogens is 698 g/mol. The van der Waals surface area contributed by atoms with Crippen LogP contribution in [0.2, 0.25) is 0 Å². The van der Waals surface area contributed by atoms with Gasteiger partial charge in [-0.2, -0.15) is 0 Å². The van der Waals surface area contributed by atoms with Crippen LogP contribution in [0.3, 0.4) is 0 Å². The molecule has 0 heterocycles. The van der Waals surface area contributed by atoms with Crippen LogP contribution in [0.1, 0.15) is 117 Å². The van der Waals surface area contributed by atoms with Gasteiger partial charge in [0.2, 0.25) is 12.2 Å². The van der Waals surface area contributed by atoms with Gasteiger partial charge in [0, 0.05) is 33.1 Å². The average Bonchev–Trinajstić information content (AvgIpc) is 3.13. The van der Waals surface area contributed by atoms with Gasteiger partial charge >= 0.3 is 23.9 Å². The summed E-state index contributed by atoms with van der Waals surface area (Å²) in [5, 5.41) is 14.4. The first-order valence-electron chi connectivity index (χ1n) is 18.7. The van der Waals surface area contributed by atoms with Crippen molar-refractivity contribution in [2.75, 3.05) is 20.8 Å². The van der Waals surface area contributed by atoms with Gasteiger partial charge in [0.1, 0.15) is 24.2 Å². The van der Waals surface area contributed by atoms with E-state index in [2.05, 4.69) is 24.1 Å². The van der Waals surface area contributed by atoms with Gasteiger partial charge in [0.05, 0.1) is 26.6 Å². The average molecular weight is 758 g/mol. The van der Waals surface area contributed by atoms with E-state index in [0.717, 1.165) is 66.1 Å². The van der Waals surface area contributed by atoms with Crippen molar-refractivity contribution in [3.8, 4) is 17.6 Å². The number of benzene rings is 1. The second kappa shape index (κ2) is 27.0. The highest BCUT2D eigenvalue weighted by molar-refractivity contribution is 5.95. The highest BCUT2D eigenvalue weighted by Crippen LogP contribution is 2.28. The van der Waals surface area contributed by atoms with Crippen molar-refractivity contribution >= 4 is 35.6 Å². The molecule has 0 saturated heterocycles. The third-order valence-electron chi connectivity index (χ3n) is 8.51. The van der Waals surface area contributed by atoms with E-state index >= 15 is 0 Å². The fourth-order valence-corrected chi connectivity index (χ4v) is 5.54. The minimum absolute atomic E-state index is 0.0331. The highest BCUT2D eigenvalue weighted by Gasteiger charge is 2.51. The molecule has 0 spiro atoms. The predicted molar refractivity (Wildman–Crippen MR) is 201 cm³/mol. The Morgan fingerprint density at radius 2 is 1.52 bits per heavy atom. The van der Waals surface area contributed by atoms with E-state index in [-0.39, 0.29) is 18.8 Å². The topological polar surface area (TPSA) is 181 Å². The van der Waals surface area contributed by atoms with Gasteiger partial charge in [-0.25, -0.2) is 9.59 Å². The van der Waals surface area contributed by atoms with E-state index in [1.165, 1.54) is 19.4 Å². The number of allylic oxidation sites excluding steroid dienone is 1. The molecule has 4 atom stereocenters. The second-order valence-electron chi connectivity index (χ2n) is 13.0. The largest absolute Gasteiger partial charge is 0.481 e. The number of carbonyl (C=O) groups excluding carboxylic acids is 6. The molecule has 0 bridgehead atoms. The first-order valence-corrected chi connectivity index (χ1v) is 18.7. The zero-order valence-corrected chi connectivity index (χ0v) is 32.7. The Kier molecular flexibility index (Phi) is 23.6. The zero-order valence-electron chi connectivity index (χ0n) is 32.7. The van der Waals surface area contributed by atoms with Crippen LogP contribution < -0.4 is 10.1 Å². The first-order chi connectivity index (χ1) is 25.8. The highest BCUT2D eigenvalue weighted by atomic mass is 16.7. The molecule has 1 rings (SSSR count). The van der Waals surface area contributed by atoms with Gasteiger partial charge < -0.3 is 34.1 Å². The quantitative estimate of drug-likeness (QED) is 0.0289. The van der Waals surface area contributed by atoms with Crippen molar-refractivity contribution in [3.63, 3.8) is 0 Å². The lowest BCUT2D eigenvalue weighted by atomic mass is 9.82. The number of esters is 4. The zero-order chi connectivity index (χ0) is 40.4. The van der Waals surface area contributed by atoms with Crippen LogP contribution >= 0.6 is 0 Å². The fourth-order valence-electron chi connectivity index (χ4n) is 5.54. The second-order valence-corrected chi connectivity index (χ2v) is 13.0. The molecule has 0 fully saturated rings. The number of hydrogen-bond donors (Lipinski definition) is 2. The minimum Gasteiger partial charge on any atom is -0.481 e. The van der Waals surface area contributed by atoms with E-state index in [1.54, 1.807) is 37.3 Å². The number of aliphatic hydroxyl groups is 1. The lowest BCUT2D eigenvalue weighted by Crippen LogP contribution is -2.56. The number of Topliss-reactive ketones (excluding diaryl/α,β-unsaturated/α-hetero) is 1. The molecule has 0 aliphatic heterocycles. The summed E-state index contributed by atoms with van der Waals surface area (Å²) in [6.07, 6.45) is 10.5. The van der Waals surface area contributed by atoms with Crippen LogP contribution in [-0.2, 0) is 54.1 Å². The summed E-state index contributed by atoms with van der Waals surface area (Å²) in [6.45, 7) is 6.36. The van der Waals surface area contributed by atoms with Gasteiger partial charge in [-0.05, 0) is 50.3 Å². The number of nitrogens with one attached hydrogen (secondary N) is 1. The SMILES string of the molecule is CC#CCOc1ccc(C[C@H](NC(=O)[C@@H](C=CCCCCCCC(=O)CCCCCCC)[C@@](O)(CC(=O)OC)C(=O)OC(C)OC(C)=O)C(=O)OC)cc1. The molecule has 0 aromatic heterocycles. The van der Waals surface area contributed by atoms with Crippen LogP contribution in [0.5, 0.6) is 5.75 Å². The standard InChI is InChI=1S/C41H59NO12/c1-7-9-11-14-17-20-33(44)21-18-15-12-13-16-19-22-35(41(49,29-37(45)50-5)40(48)54-31(4)53-30(3)43)38(46)42-36(39(47)51-6)28-32-23-25-34(26-24-32)52-27-10-8-2/h19,22-26,31,35-36,49H,7,9,11-18,20-21,27-29H2,1-6H3,(H,42,46)/t31?,35-,36+,41+/m1/s1. The molecule has 13 nitrogen and oxygen atoms in total. The smallest absolute Gasteiger partial charge is 0.342 e. The van der Waals surface area contributed by atoms with E-state index in [0.29, 0.717) is 37.0 Å². The van der Waals surface area contributed by atoms with Crippen LogP contribution in [0.15, 0.2) is 36.4 Å². The van der Waals surface area contributed by atoms with Crippen molar-refractivity contribution in [1.82, 2.24) is 5.32 Å². The number of hydrogen-bond acceptors (Lipinski definition) is 12. The van der Waals surface area contributed by atoms with Gasteiger partial charge in [0.25, 0.3) is 0 Å². The summed E-state index contributed by atoms with van der Waals surface area (Å²) in [5.74, 6) is -0.463. The number of ether oxygens (including phenoxy) is 5. The van der Waals surface area contributed by atoms with Crippen molar-refractivity contribution in [2.24, 2.45) is 5.92 Å². The maximum atomic E-state index is 14.0. The van der Waals surface area contributed by atoms with Gasteiger partial charge in [-0.1, -0.05) is 75.7 Å². The molecule has 1 aromatic carbocycles. The Morgan fingerprint density at radius 1 is 0.889 bits per heavy atom. The summed E-state index contributed by atoms with van der Waals surface area (Å²) in [5.41, 5.74) is -2.22. The Balaban J connectivity index is 3.20. The van der Waals surface area contributed by atoms with Gasteiger partial charge in [0.15, 0.2) is 5.60 Å². The Labute approximate surface area is 319 Å². The predicted octanol–water partition coefficient (Wildman–Crippen LogP) is 5.48. The number of methoxy groups -OCH3 is 2. The van der Waals surface area contributed by atoms with Gasteiger partial charge in [-0.15, -0.1) is 5.92 Å². The van der Waals surface area contributed by atoms with E-state index in [1.807, 2.05) is 0 Å². The first kappa shape index (κ1) is 47.3. The van der Waals surface area contributed by atoms with E-state index in [9.17, 15) is 33.9 Å². The van der Waals surface area contributed by atoms with E-state index < -0.39 is 60.1 Å². The summed E-state index contributed by atoms with van der Waals surface area (Å²) in [6, 6.07) is 5.47. The van der Waals surface area contributed by atoms with Gasteiger partial charge in [-0.3, -0.25) is 19.2 Å². The monoisotopic (exact) mass is 757 g/mol. The molecule has 0 radical (unpaired) electrons. The number of carbonyl (C=O) groups is 6. The molecule has 300 valence electrons. The number of amides is 1. The molecule has 0 aliphatic carbocycles. The molecule has 2 N–H and O–H groups in total. The molecule has 1 aromatic rings. The van der Waals surface area contributed by atoms with Crippen molar-refractivity contribution in [3.05, 3.63) is 42.0 Å². The molecule has 1 amide bonds. The van der Waals surface area contributed by atoms with Crippen LogP contribution in [-0.4, -0.2) is 79.4 Å². The lowest BCUT2D eigenvalue weighted by Gasteiger charge is -2.32. The number of rotatable bonds is 27. The van der Waals surface area contributed by atoms with E-state index in [4.69, 9.17) is 23.7 Å². The fraction of sp³-hybridized carbons (Fsp3) is 0.610. The Morgan fingerprint density at radius 3 is 2.09 bits per heavy atom. The third kappa shape index (κ3) is 18.9. The van der Waals surface area contributed by atoms with Crippen molar-refractivity contribution < 1.29 is 57.6 Å². The Bertz CT molecular complexity index is 1430. The minimum atomic E-state index is -2.85. The Hall–Kier alpha value is -4.70. The third-order valence-corrected chi connectivity index (χ3v) is 8.51. The normalized spacial score (nSPS) is 13.6. The van der Waals surface area contributed by atoms with Crippen LogP contribution in [0.25, 0.3) is 0 Å². The maximum Gasteiger partial charge on any atom is 0.342 e.